The Morgan fingerprint density at radius 3 is 2.81 bits per heavy atom. The van der Waals surface area contributed by atoms with Gasteiger partial charge in [-0.3, -0.25) is 9.59 Å². The Morgan fingerprint density at radius 1 is 1.35 bits per heavy atom. The summed E-state index contributed by atoms with van der Waals surface area (Å²) in [5.41, 5.74) is 0.450. The van der Waals surface area contributed by atoms with E-state index in [0.29, 0.717) is 35.5 Å². The number of piperidine rings is 1. The van der Waals surface area contributed by atoms with E-state index in [1.807, 2.05) is 0 Å². The second kappa shape index (κ2) is 8.30. The molecule has 1 saturated carbocycles. The summed E-state index contributed by atoms with van der Waals surface area (Å²) in [7, 11) is 1.54. The van der Waals surface area contributed by atoms with Gasteiger partial charge in [-0.1, -0.05) is 24.9 Å². The minimum atomic E-state index is -0.140. The number of benzene rings is 1. The number of rotatable bonds is 5. The molecule has 0 bridgehead atoms. The maximum absolute atomic E-state index is 12.9. The molecule has 1 aliphatic heterocycles. The highest BCUT2D eigenvalue weighted by Crippen LogP contribution is 2.31. The Bertz CT molecular complexity index is 673. The van der Waals surface area contributed by atoms with Crippen LogP contribution in [0.3, 0.4) is 0 Å². The fourth-order valence-corrected chi connectivity index (χ4v) is 4.07. The van der Waals surface area contributed by atoms with Gasteiger partial charge in [0.1, 0.15) is 5.75 Å². The molecular weight excluding hydrogens is 352 g/mol. The Labute approximate surface area is 160 Å². The summed E-state index contributed by atoms with van der Waals surface area (Å²) >= 11 is 6.05. The Kier molecular flexibility index (Phi) is 6.07. The molecule has 0 spiro atoms. The normalized spacial score (nSPS) is 25.3. The highest BCUT2D eigenvalue weighted by molar-refractivity contribution is 6.31. The van der Waals surface area contributed by atoms with Crippen molar-refractivity contribution in [3.8, 4) is 5.75 Å². The van der Waals surface area contributed by atoms with Crippen molar-refractivity contribution in [1.82, 2.24) is 10.2 Å². The first-order chi connectivity index (χ1) is 12.5. The number of carbonyl (C=O) groups is 2. The molecule has 2 amide bonds. The summed E-state index contributed by atoms with van der Waals surface area (Å²) in [6.07, 6.45) is 5.00. The summed E-state index contributed by atoms with van der Waals surface area (Å²) in [6, 6.07) is 5.34. The van der Waals surface area contributed by atoms with Gasteiger partial charge in [0.05, 0.1) is 18.6 Å². The Morgan fingerprint density at radius 2 is 2.12 bits per heavy atom. The molecule has 142 valence electrons. The number of carbonyl (C=O) groups excluding carboxylic acids is 2. The molecule has 26 heavy (non-hydrogen) atoms. The SMILES string of the molecule is CCC1CC(NC(=O)C2CCCN(C(=O)c3cc(Cl)ccc3OC)C2)C1. The van der Waals surface area contributed by atoms with Gasteiger partial charge in [-0.2, -0.15) is 0 Å². The molecule has 5 nitrogen and oxygen atoms in total. The standard InChI is InChI=1S/C20H27ClN2O3/c1-3-13-9-16(10-13)22-19(24)14-5-4-8-23(12-14)20(25)17-11-15(21)6-7-18(17)26-2/h6-7,11,13-14,16H,3-5,8-10,12H2,1-2H3,(H,22,24). The number of halogens is 1. The van der Waals surface area contributed by atoms with Crippen LogP contribution >= 0.6 is 11.6 Å². The van der Waals surface area contributed by atoms with Crippen LogP contribution in [0.5, 0.6) is 5.75 Å². The first-order valence-corrected chi connectivity index (χ1v) is 9.82. The number of methoxy groups -OCH3 is 1. The second-order valence-corrected chi connectivity index (χ2v) is 7.82. The summed E-state index contributed by atoms with van der Waals surface area (Å²) in [5.74, 6) is 1.07. The van der Waals surface area contributed by atoms with E-state index in [9.17, 15) is 9.59 Å². The third-order valence-electron chi connectivity index (χ3n) is 5.63. The highest BCUT2D eigenvalue weighted by atomic mass is 35.5. The zero-order valence-electron chi connectivity index (χ0n) is 15.5. The van der Waals surface area contributed by atoms with Gasteiger partial charge in [0, 0.05) is 24.2 Å². The van der Waals surface area contributed by atoms with Crippen LogP contribution in [0.15, 0.2) is 18.2 Å². The van der Waals surface area contributed by atoms with Crippen LogP contribution in [0, 0.1) is 11.8 Å². The van der Waals surface area contributed by atoms with Gasteiger partial charge in [-0.05, 0) is 49.8 Å². The molecule has 2 aliphatic rings. The lowest BCUT2D eigenvalue weighted by atomic mass is 9.78. The quantitative estimate of drug-likeness (QED) is 0.853. The molecule has 1 heterocycles. The fourth-order valence-electron chi connectivity index (χ4n) is 3.90. The Hall–Kier alpha value is -1.75. The highest BCUT2D eigenvalue weighted by Gasteiger charge is 2.34. The summed E-state index contributed by atoms with van der Waals surface area (Å²) < 4.78 is 5.30. The predicted molar refractivity (Wildman–Crippen MR) is 102 cm³/mol. The van der Waals surface area contributed by atoms with Gasteiger partial charge < -0.3 is 15.0 Å². The number of nitrogens with zero attached hydrogens (tertiary/aromatic N) is 1. The molecule has 1 aliphatic carbocycles. The lowest BCUT2D eigenvalue weighted by Crippen LogP contribution is -2.50. The average molecular weight is 379 g/mol. The zero-order valence-corrected chi connectivity index (χ0v) is 16.2. The number of amides is 2. The first-order valence-electron chi connectivity index (χ1n) is 9.45. The van der Waals surface area contributed by atoms with E-state index >= 15 is 0 Å². The lowest BCUT2D eigenvalue weighted by molar-refractivity contribution is -0.128. The van der Waals surface area contributed by atoms with Gasteiger partial charge in [0.25, 0.3) is 5.91 Å². The van der Waals surface area contributed by atoms with Gasteiger partial charge in [-0.15, -0.1) is 0 Å². The molecule has 2 fully saturated rings. The monoisotopic (exact) mass is 378 g/mol. The van der Waals surface area contributed by atoms with Crippen LogP contribution in [0.1, 0.15) is 49.4 Å². The van der Waals surface area contributed by atoms with Crippen molar-refractivity contribution >= 4 is 23.4 Å². The van der Waals surface area contributed by atoms with Crippen LogP contribution in [-0.4, -0.2) is 43.0 Å². The van der Waals surface area contributed by atoms with Crippen LogP contribution in [0.4, 0.5) is 0 Å². The van der Waals surface area contributed by atoms with Gasteiger partial charge in [0.2, 0.25) is 5.91 Å². The van der Waals surface area contributed by atoms with E-state index in [1.165, 1.54) is 13.5 Å². The molecule has 3 rings (SSSR count). The van der Waals surface area contributed by atoms with E-state index in [2.05, 4.69) is 12.2 Å². The molecule has 1 unspecified atom stereocenters. The molecule has 6 heteroatoms. The summed E-state index contributed by atoms with van der Waals surface area (Å²) in [5, 5.41) is 3.65. The molecular formula is C20H27ClN2O3. The largest absolute Gasteiger partial charge is 0.496 e. The minimum Gasteiger partial charge on any atom is -0.496 e. The van der Waals surface area contributed by atoms with Crippen molar-refractivity contribution < 1.29 is 14.3 Å². The molecule has 0 aromatic heterocycles. The maximum atomic E-state index is 12.9. The smallest absolute Gasteiger partial charge is 0.257 e. The van der Waals surface area contributed by atoms with Crippen LogP contribution in [-0.2, 0) is 4.79 Å². The van der Waals surface area contributed by atoms with E-state index in [0.717, 1.165) is 31.6 Å². The topological polar surface area (TPSA) is 58.6 Å². The number of ether oxygens (including phenoxy) is 1. The van der Waals surface area contributed by atoms with Crippen LogP contribution in [0.25, 0.3) is 0 Å². The fraction of sp³-hybridized carbons (Fsp3) is 0.600. The van der Waals surface area contributed by atoms with E-state index < -0.39 is 0 Å². The second-order valence-electron chi connectivity index (χ2n) is 7.39. The number of likely N-dealkylation sites (tertiary alicyclic amines) is 1. The third-order valence-corrected chi connectivity index (χ3v) is 5.87. The van der Waals surface area contributed by atoms with Crippen molar-refractivity contribution in [3.63, 3.8) is 0 Å². The summed E-state index contributed by atoms with van der Waals surface area (Å²) in [4.78, 5) is 27.3. The van der Waals surface area contributed by atoms with Crippen molar-refractivity contribution in [1.29, 1.82) is 0 Å². The van der Waals surface area contributed by atoms with E-state index in [-0.39, 0.29) is 17.7 Å². The van der Waals surface area contributed by atoms with Crippen molar-refractivity contribution in [2.75, 3.05) is 20.2 Å². The van der Waals surface area contributed by atoms with E-state index in [4.69, 9.17) is 16.3 Å². The maximum Gasteiger partial charge on any atom is 0.257 e. The van der Waals surface area contributed by atoms with Gasteiger partial charge in [-0.25, -0.2) is 0 Å². The van der Waals surface area contributed by atoms with Gasteiger partial charge in [0.15, 0.2) is 0 Å². The molecule has 1 aromatic carbocycles. The Balaban J connectivity index is 1.62. The number of hydrogen-bond acceptors (Lipinski definition) is 3. The minimum absolute atomic E-state index is 0.0834. The molecule has 0 radical (unpaired) electrons. The van der Waals surface area contributed by atoms with Gasteiger partial charge >= 0.3 is 0 Å². The number of hydrogen-bond donors (Lipinski definition) is 1. The van der Waals surface area contributed by atoms with Crippen LogP contribution in [0.2, 0.25) is 5.02 Å². The third kappa shape index (κ3) is 4.14. The van der Waals surface area contributed by atoms with Crippen molar-refractivity contribution in [2.45, 2.75) is 45.1 Å². The zero-order chi connectivity index (χ0) is 18.7. The van der Waals surface area contributed by atoms with Crippen molar-refractivity contribution in [2.24, 2.45) is 11.8 Å². The molecule has 1 aromatic rings. The van der Waals surface area contributed by atoms with Crippen LogP contribution < -0.4 is 10.1 Å². The summed E-state index contributed by atoms with van der Waals surface area (Å²) in [6.45, 7) is 3.29. The first kappa shape index (κ1) is 19.0. The molecule has 1 N–H and O–H groups in total. The number of nitrogens with one attached hydrogen (secondary N) is 1. The van der Waals surface area contributed by atoms with E-state index in [1.54, 1.807) is 23.1 Å². The average Bonchev–Trinajstić information content (AvgIpc) is 2.63. The lowest BCUT2D eigenvalue weighted by Gasteiger charge is -2.38. The van der Waals surface area contributed by atoms with Crippen molar-refractivity contribution in [3.05, 3.63) is 28.8 Å². The molecule has 1 saturated heterocycles. The predicted octanol–water partition coefficient (Wildman–Crippen LogP) is 3.51. The molecule has 1 atom stereocenters.